The van der Waals surface area contributed by atoms with Gasteiger partial charge in [0.05, 0.1) is 36.2 Å². The molecule has 2 fully saturated rings. The zero-order valence-electron chi connectivity index (χ0n) is 17.8. The summed E-state index contributed by atoms with van der Waals surface area (Å²) in [7, 11) is 1.66. The number of anilines is 4. The third-order valence-corrected chi connectivity index (χ3v) is 7.18. The first kappa shape index (κ1) is 20.4. The molecule has 3 N–H and O–H groups in total. The Kier molecular flexibility index (Phi) is 5.85. The molecule has 3 aromatic rings. The van der Waals surface area contributed by atoms with Crippen LogP contribution < -0.4 is 20.7 Å². The number of morpholine rings is 1. The third-order valence-electron chi connectivity index (χ3n) is 6.23. The molecule has 0 unspecified atom stereocenters. The number of thiazole rings is 1. The molecule has 0 bridgehead atoms. The average Bonchev–Trinajstić information content (AvgIpc) is 3.21. The standard InChI is InChI=1S/C23H29N5O2S/c1-29-21-4-2-16(24)14-19(21)25-23-26-20-15-18(3-5-22(20)31-23)27-8-6-17(7-9-27)28-10-12-30-13-11-28/h2-5,14-15,17H,6-13,24H2,1H3,(H,25,26). The topological polar surface area (TPSA) is 75.9 Å². The fourth-order valence-electron chi connectivity index (χ4n) is 4.54. The van der Waals surface area contributed by atoms with Crippen molar-refractivity contribution in [2.45, 2.75) is 18.9 Å². The second-order valence-electron chi connectivity index (χ2n) is 8.12. The molecule has 2 saturated heterocycles. The van der Waals surface area contributed by atoms with Crippen molar-refractivity contribution in [3.05, 3.63) is 36.4 Å². The average molecular weight is 440 g/mol. The van der Waals surface area contributed by atoms with Crippen LogP contribution in [0.25, 0.3) is 10.2 Å². The fraction of sp³-hybridized carbons (Fsp3) is 0.435. The van der Waals surface area contributed by atoms with Gasteiger partial charge in [0.1, 0.15) is 5.75 Å². The van der Waals surface area contributed by atoms with Crippen molar-refractivity contribution in [2.24, 2.45) is 0 Å². The molecule has 2 aromatic carbocycles. The van der Waals surface area contributed by atoms with E-state index in [0.29, 0.717) is 11.7 Å². The molecule has 0 radical (unpaired) electrons. The van der Waals surface area contributed by atoms with Crippen LogP contribution in [0.2, 0.25) is 0 Å². The van der Waals surface area contributed by atoms with Crippen LogP contribution in [0, 0.1) is 0 Å². The third kappa shape index (κ3) is 4.42. The maximum absolute atomic E-state index is 5.94. The second-order valence-corrected chi connectivity index (χ2v) is 9.15. The lowest BCUT2D eigenvalue weighted by Gasteiger charge is -2.40. The summed E-state index contributed by atoms with van der Waals surface area (Å²) >= 11 is 1.64. The van der Waals surface area contributed by atoms with E-state index in [1.165, 1.54) is 18.5 Å². The van der Waals surface area contributed by atoms with Crippen molar-refractivity contribution in [3.8, 4) is 5.75 Å². The van der Waals surface area contributed by atoms with Gasteiger partial charge < -0.3 is 25.4 Å². The summed E-state index contributed by atoms with van der Waals surface area (Å²) in [5, 5.41) is 4.20. The van der Waals surface area contributed by atoms with Crippen LogP contribution in [0.15, 0.2) is 36.4 Å². The molecule has 3 heterocycles. The molecule has 0 saturated carbocycles. The Morgan fingerprint density at radius 1 is 1.10 bits per heavy atom. The van der Waals surface area contributed by atoms with E-state index in [1.54, 1.807) is 18.4 Å². The van der Waals surface area contributed by atoms with Crippen molar-refractivity contribution >= 4 is 43.7 Å². The van der Waals surface area contributed by atoms with Gasteiger partial charge in [0, 0.05) is 43.6 Å². The molecule has 2 aliphatic heterocycles. The van der Waals surface area contributed by atoms with Gasteiger partial charge in [-0.2, -0.15) is 0 Å². The van der Waals surface area contributed by atoms with Crippen molar-refractivity contribution < 1.29 is 9.47 Å². The van der Waals surface area contributed by atoms with Gasteiger partial charge in [-0.25, -0.2) is 4.98 Å². The number of piperidine rings is 1. The van der Waals surface area contributed by atoms with Crippen molar-refractivity contribution in [2.75, 3.05) is 62.5 Å². The molecular formula is C23H29N5O2S. The predicted octanol–water partition coefficient (Wildman–Crippen LogP) is 3.93. The molecule has 0 amide bonds. The fourth-order valence-corrected chi connectivity index (χ4v) is 5.39. The van der Waals surface area contributed by atoms with Crippen LogP contribution in [-0.2, 0) is 4.74 Å². The molecule has 0 spiro atoms. The summed E-state index contributed by atoms with van der Waals surface area (Å²) in [5.41, 5.74) is 9.73. The van der Waals surface area contributed by atoms with Crippen molar-refractivity contribution in [3.63, 3.8) is 0 Å². The van der Waals surface area contributed by atoms with Gasteiger partial charge in [-0.15, -0.1) is 0 Å². The lowest BCUT2D eigenvalue weighted by molar-refractivity contribution is 0.0115. The van der Waals surface area contributed by atoms with E-state index in [-0.39, 0.29) is 0 Å². The van der Waals surface area contributed by atoms with Gasteiger partial charge in [0.15, 0.2) is 5.13 Å². The smallest absolute Gasteiger partial charge is 0.188 e. The summed E-state index contributed by atoms with van der Waals surface area (Å²) in [6.07, 6.45) is 2.41. The summed E-state index contributed by atoms with van der Waals surface area (Å²) in [4.78, 5) is 9.91. The summed E-state index contributed by atoms with van der Waals surface area (Å²) in [5.74, 6) is 0.747. The number of hydrogen-bond donors (Lipinski definition) is 2. The number of methoxy groups -OCH3 is 1. The second kappa shape index (κ2) is 8.90. The maximum Gasteiger partial charge on any atom is 0.188 e. The Bertz CT molecular complexity index is 1040. The Morgan fingerprint density at radius 3 is 2.68 bits per heavy atom. The lowest BCUT2D eigenvalue weighted by Crippen LogP contribution is -2.49. The Morgan fingerprint density at radius 2 is 1.90 bits per heavy atom. The number of hydrogen-bond acceptors (Lipinski definition) is 8. The number of benzene rings is 2. The number of ether oxygens (including phenoxy) is 2. The van der Waals surface area contributed by atoms with E-state index in [4.69, 9.17) is 20.2 Å². The maximum atomic E-state index is 5.94. The van der Waals surface area contributed by atoms with Crippen LogP contribution >= 0.6 is 11.3 Å². The first-order valence-electron chi connectivity index (χ1n) is 10.9. The Hall–Kier alpha value is -2.55. The molecule has 7 nitrogen and oxygen atoms in total. The number of nitrogens with zero attached hydrogens (tertiary/aromatic N) is 3. The minimum atomic E-state index is 0.687. The minimum Gasteiger partial charge on any atom is -0.495 e. The highest BCUT2D eigenvalue weighted by Crippen LogP contribution is 2.35. The number of nitrogen functional groups attached to an aromatic ring is 1. The van der Waals surface area contributed by atoms with E-state index in [1.807, 2.05) is 18.2 Å². The molecular weight excluding hydrogens is 410 g/mol. The lowest BCUT2D eigenvalue weighted by atomic mass is 10.0. The van der Waals surface area contributed by atoms with Crippen LogP contribution in [0.3, 0.4) is 0 Å². The summed E-state index contributed by atoms with van der Waals surface area (Å²) in [6.45, 7) is 6.07. The molecule has 1 aromatic heterocycles. The number of aromatic nitrogens is 1. The van der Waals surface area contributed by atoms with E-state index < -0.39 is 0 Å². The summed E-state index contributed by atoms with van der Waals surface area (Å²) in [6, 6.07) is 12.9. The molecule has 164 valence electrons. The number of rotatable bonds is 5. The number of nitrogens with one attached hydrogen (secondary N) is 1. The summed E-state index contributed by atoms with van der Waals surface area (Å²) < 4.78 is 12.1. The molecule has 31 heavy (non-hydrogen) atoms. The highest BCUT2D eigenvalue weighted by Gasteiger charge is 2.26. The van der Waals surface area contributed by atoms with Crippen LogP contribution in [-0.4, -0.2) is 62.4 Å². The quantitative estimate of drug-likeness (QED) is 0.583. The Balaban J connectivity index is 1.28. The zero-order valence-corrected chi connectivity index (χ0v) is 18.7. The van der Waals surface area contributed by atoms with Gasteiger partial charge in [-0.05, 0) is 49.2 Å². The monoisotopic (exact) mass is 439 g/mol. The largest absolute Gasteiger partial charge is 0.495 e. The van der Waals surface area contributed by atoms with E-state index in [0.717, 1.165) is 66.2 Å². The molecule has 0 atom stereocenters. The first-order chi connectivity index (χ1) is 15.2. The van der Waals surface area contributed by atoms with E-state index >= 15 is 0 Å². The van der Waals surface area contributed by atoms with Gasteiger partial charge >= 0.3 is 0 Å². The first-order valence-corrected chi connectivity index (χ1v) is 11.7. The van der Waals surface area contributed by atoms with Crippen LogP contribution in [0.5, 0.6) is 5.75 Å². The van der Waals surface area contributed by atoms with Crippen molar-refractivity contribution in [1.82, 2.24) is 9.88 Å². The highest BCUT2D eigenvalue weighted by molar-refractivity contribution is 7.22. The van der Waals surface area contributed by atoms with Gasteiger partial charge in [0.2, 0.25) is 0 Å². The normalized spacial score (nSPS) is 18.4. The van der Waals surface area contributed by atoms with Crippen molar-refractivity contribution in [1.29, 1.82) is 0 Å². The molecule has 5 rings (SSSR count). The molecule has 0 aliphatic carbocycles. The van der Waals surface area contributed by atoms with E-state index in [9.17, 15) is 0 Å². The molecule has 8 heteroatoms. The SMILES string of the molecule is COc1ccc(N)cc1Nc1nc2cc(N3CCC(N4CCOCC4)CC3)ccc2s1. The minimum absolute atomic E-state index is 0.687. The number of fused-ring (bicyclic) bond motifs is 1. The van der Waals surface area contributed by atoms with Gasteiger partial charge in [-0.1, -0.05) is 11.3 Å². The van der Waals surface area contributed by atoms with Gasteiger partial charge in [-0.3, -0.25) is 4.90 Å². The molecule has 2 aliphatic rings. The van der Waals surface area contributed by atoms with Crippen LogP contribution in [0.4, 0.5) is 22.2 Å². The van der Waals surface area contributed by atoms with Gasteiger partial charge in [0.25, 0.3) is 0 Å². The highest BCUT2D eigenvalue weighted by atomic mass is 32.1. The number of nitrogens with two attached hydrogens (primary N) is 1. The Labute approximate surface area is 186 Å². The zero-order chi connectivity index (χ0) is 21.2. The van der Waals surface area contributed by atoms with Crippen LogP contribution in [0.1, 0.15) is 12.8 Å². The van der Waals surface area contributed by atoms with E-state index in [2.05, 4.69) is 33.3 Å². The predicted molar refractivity (Wildman–Crippen MR) is 128 cm³/mol.